The molecule has 0 amide bonds. The van der Waals surface area contributed by atoms with Gasteiger partial charge in [-0.2, -0.15) is 11.8 Å². The first-order chi connectivity index (χ1) is 8.76. The molecule has 0 fully saturated rings. The molecule has 0 aliphatic rings. The molecule has 0 spiro atoms. The van der Waals surface area contributed by atoms with Crippen LogP contribution in [-0.2, 0) is 0 Å². The lowest BCUT2D eigenvalue weighted by Crippen LogP contribution is -2.03. The van der Waals surface area contributed by atoms with Crippen molar-refractivity contribution in [1.29, 1.82) is 0 Å². The Bertz CT molecular complexity index is 345. The first kappa shape index (κ1) is 15.0. The first-order valence-electron chi connectivity index (χ1n) is 6.52. The predicted octanol–water partition coefficient (Wildman–Crippen LogP) is 3.61. The van der Waals surface area contributed by atoms with Gasteiger partial charge in [0.05, 0.1) is 6.61 Å². The van der Waals surface area contributed by atoms with E-state index >= 15 is 0 Å². The number of anilines is 2. The molecule has 0 aromatic heterocycles. The van der Waals surface area contributed by atoms with Gasteiger partial charge < -0.3 is 15.8 Å². The van der Waals surface area contributed by atoms with Crippen LogP contribution in [0.1, 0.15) is 26.2 Å². The number of nitrogen functional groups attached to an aromatic ring is 1. The Kier molecular flexibility index (Phi) is 7.49. The second kappa shape index (κ2) is 8.97. The molecule has 0 radical (unpaired) electrons. The molecule has 0 heterocycles. The van der Waals surface area contributed by atoms with Crippen molar-refractivity contribution in [2.45, 2.75) is 26.2 Å². The SMILES string of the molecule is CCOc1cc(N)cc(NCCCCCSC)c1. The first-order valence-corrected chi connectivity index (χ1v) is 7.91. The van der Waals surface area contributed by atoms with Crippen LogP contribution in [0, 0.1) is 0 Å². The number of hydrogen-bond acceptors (Lipinski definition) is 4. The number of rotatable bonds is 9. The lowest BCUT2D eigenvalue weighted by Gasteiger charge is -2.10. The third kappa shape index (κ3) is 6.05. The fourth-order valence-electron chi connectivity index (χ4n) is 1.76. The number of nitrogens with one attached hydrogen (secondary N) is 1. The lowest BCUT2D eigenvalue weighted by atomic mass is 10.2. The van der Waals surface area contributed by atoms with Gasteiger partial charge in [0.15, 0.2) is 0 Å². The van der Waals surface area contributed by atoms with Gasteiger partial charge in [-0.3, -0.25) is 0 Å². The van der Waals surface area contributed by atoms with E-state index in [4.69, 9.17) is 10.5 Å². The summed E-state index contributed by atoms with van der Waals surface area (Å²) in [4.78, 5) is 0. The number of thioether (sulfide) groups is 1. The van der Waals surface area contributed by atoms with Crippen LogP contribution in [0.15, 0.2) is 18.2 Å². The summed E-state index contributed by atoms with van der Waals surface area (Å²) >= 11 is 1.91. The Labute approximate surface area is 114 Å². The highest BCUT2D eigenvalue weighted by molar-refractivity contribution is 7.98. The Balaban J connectivity index is 2.32. The molecule has 3 N–H and O–H groups in total. The summed E-state index contributed by atoms with van der Waals surface area (Å²) in [6.07, 6.45) is 5.91. The van der Waals surface area contributed by atoms with Gasteiger partial charge in [0.2, 0.25) is 0 Å². The molecule has 102 valence electrons. The van der Waals surface area contributed by atoms with Crippen LogP contribution < -0.4 is 15.8 Å². The van der Waals surface area contributed by atoms with Crippen LogP contribution in [0.2, 0.25) is 0 Å². The molecule has 18 heavy (non-hydrogen) atoms. The van der Waals surface area contributed by atoms with Gasteiger partial charge in [0.25, 0.3) is 0 Å². The summed E-state index contributed by atoms with van der Waals surface area (Å²) in [5, 5.41) is 3.39. The summed E-state index contributed by atoms with van der Waals surface area (Å²) < 4.78 is 5.46. The normalized spacial score (nSPS) is 10.3. The molecule has 3 nitrogen and oxygen atoms in total. The molecular weight excluding hydrogens is 244 g/mol. The topological polar surface area (TPSA) is 47.3 Å². The van der Waals surface area contributed by atoms with Gasteiger partial charge in [0, 0.05) is 30.1 Å². The third-order valence-electron chi connectivity index (χ3n) is 2.59. The van der Waals surface area contributed by atoms with E-state index in [0.29, 0.717) is 6.61 Å². The minimum atomic E-state index is 0.664. The Morgan fingerprint density at radius 3 is 2.78 bits per heavy atom. The van der Waals surface area contributed by atoms with Gasteiger partial charge in [-0.25, -0.2) is 0 Å². The molecule has 0 saturated carbocycles. The van der Waals surface area contributed by atoms with E-state index in [1.165, 1.54) is 25.0 Å². The third-order valence-corrected chi connectivity index (χ3v) is 3.29. The lowest BCUT2D eigenvalue weighted by molar-refractivity contribution is 0.340. The smallest absolute Gasteiger partial charge is 0.123 e. The summed E-state index contributed by atoms with van der Waals surface area (Å²) in [5.41, 5.74) is 7.62. The quantitative estimate of drug-likeness (QED) is 0.530. The molecule has 4 heteroatoms. The van der Waals surface area contributed by atoms with Crippen LogP contribution in [-0.4, -0.2) is 25.2 Å². The van der Waals surface area contributed by atoms with Crippen molar-refractivity contribution in [3.63, 3.8) is 0 Å². The minimum Gasteiger partial charge on any atom is -0.494 e. The monoisotopic (exact) mass is 268 g/mol. The van der Waals surface area contributed by atoms with Crippen LogP contribution >= 0.6 is 11.8 Å². The molecule has 1 aromatic rings. The minimum absolute atomic E-state index is 0.664. The maximum absolute atomic E-state index is 5.84. The number of unbranched alkanes of at least 4 members (excludes halogenated alkanes) is 2. The van der Waals surface area contributed by atoms with E-state index < -0.39 is 0 Å². The van der Waals surface area contributed by atoms with E-state index in [1.807, 2.05) is 36.9 Å². The van der Waals surface area contributed by atoms with Crippen molar-refractivity contribution in [2.75, 3.05) is 36.2 Å². The van der Waals surface area contributed by atoms with E-state index in [2.05, 4.69) is 11.6 Å². The van der Waals surface area contributed by atoms with Crippen LogP contribution in [0.3, 0.4) is 0 Å². The molecule has 0 unspecified atom stereocenters. The highest BCUT2D eigenvalue weighted by atomic mass is 32.2. The standard InChI is InChI=1S/C14H24N2OS/c1-3-17-14-10-12(15)9-13(11-14)16-7-5-4-6-8-18-2/h9-11,16H,3-8,15H2,1-2H3. The maximum Gasteiger partial charge on any atom is 0.123 e. The summed E-state index contributed by atoms with van der Waals surface area (Å²) in [6.45, 7) is 3.63. The van der Waals surface area contributed by atoms with Gasteiger partial charge in [-0.15, -0.1) is 0 Å². The van der Waals surface area contributed by atoms with Crippen molar-refractivity contribution < 1.29 is 4.74 Å². The van der Waals surface area contributed by atoms with Crippen molar-refractivity contribution in [3.05, 3.63) is 18.2 Å². The predicted molar refractivity (Wildman–Crippen MR) is 82.7 cm³/mol. The van der Waals surface area contributed by atoms with Gasteiger partial charge in [0.1, 0.15) is 5.75 Å². The van der Waals surface area contributed by atoms with E-state index in [9.17, 15) is 0 Å². The fraction of sp³-hybridized carbons (Fsp3) is 0.571. The second-order valence-corrected chi connectivity index (χ2v) is 5.19. The van der Waals surface area contributed by atoms with Crippen molar-refractivity contribution >= 4 is 23.1 Å². The molecular formula is C14H24N2OS. The van der Waals surface area contributed by atoms with E-state index in [0.717, 1.165) is 23.7 Å². The highest BCUT2D eigenvalue weighted by Crippen LogP contribution is 2.22. The zero-order valence-corrected chi connectivity index (χ0v) is 12.2. The van der Waals surface area contributed by atoms with Crippen molar-refractivity contribution in [2.24, 2.45) is 0 Å². The van der Waals surface area contributed by atoms with Crippen LogP contribution in [0.4, 0.5) is 11.4 Å². The summed E-state index contributed by atoms with van der Waals surface area (Å²) in [6, 6.07) is 5.80. The number of ether oxygens (including phenoxy) is 1. The molecule has 1 aromatic carbocycles. The summed E-state index contributed by atoms with van der Waals surface area (Å²) in [5.74, 6) is 2.09. The molecule has 0 aliphatic carbocycles. The van der Waals surface area contributed by atoms with E-state index in [1.54, 1.807) is 0 Å². The Morgan fingerprint density at radius 2 is 2.06 bits per heavy atom. The fourth-order valence-corrected chi connectivity index (χ4v) is 2.25. The van der Waals surface area contributed by atoms with Gasteiger partial charge in [-0.05, 0) is 37.8 Å². The van der Waals surface area contributed by atoms with E-state index in [-0.39, 0.29) is 0 Å². The second-order valence-electron chi connectivity index (χ2n) is 4.20. The molecule has 1 rings (SSSR count). The molecule has 0 bridgehead atoms. The highest BCUT2D eigenvalue weighted by Gasteiger charge is 1.99. The zero-order chi connectivity index (χ0) is 13.2. The largest absolute Gasteiger partial charge is 0.494 e. The van der Waals surface area contributed by atoms with Crippen molar-refractivity contribution in [3.8, 4) is 5.75 Å². The Morgan fingerprint density at radius 1 is 1.22 bits per heavy atom. The average molecular weight is 268 g/mol. The molecule has 0 saturated heterocycles. The van der Waals surface area contributed by atoms with Crippen molar-refractivity contribution in [1.82, 2.24) is 0 Å². The van der Waals surface area contributed by atoms with Crippen LogP contribution in [0.25, 0.3) is 0 Å². The molecule has 0 aliphatic heterocycles. The Hall–Kier alpha value is -1.03. The summed E-state index contributed by atoms with van der Waals surface area (Å²) in [7, 11) is 0. The van der Waals surface area contributed by atoms with Gasteiger partial charge >= 0.3 is 0 Å². The number of nitrogens with two attached hydrogens (primary N) is 1. The van der Waals surface area contributed by atoms with Gasteiger partial charge in [-0.1, -0.05) is 6.42 Å². The number of benzene rings is 1. The zero-order valence-electron chi connectivity index (χ0n) is 11.4. The average Bonchev–Trinajstić information content (AvgIpc) is 2.33. The maximum atomic E-state index is 5.84. The molecule has 0 atom stereocenters. The van der Waals surface area contributed by atoms with Crippen LogP contribution in [0.5, 0.6) is 5.75 Å². The number of hydrogen-bond donors (Lipinski definition) is 2.